The summed E-state index contributed by atoms with van der Waals surface area (Å²) in [6, 6.07) is 0.0700. The van der Waals surface area contributed by atoms with Crippen molar-refractivity contribution in [2.75, 3.05) is 36.1 Å². The number of H-pyrrole nitrogens is 1. The number of fused-ring (bicyclic) bond motifs is 1. The smallest absolute Gasteiger partial charge is 0.277 e. The van der Waals surface area contributed by atoms with Gasteiger partial charge in [0.1, 0.15) is 5.69 Å². The van der Waals surface area contributed by atoms with Crippen LogP contribution in [0.2, 0.25) is 0 Å². The number of anilines is 3. The van der Waals surface area contributed by atoms with Crippen LogP contribution < -0.4 is 21.9 Å². The molecule has 5 N–H and O–H groups in total. The molecule has 0 aromatic carbocycles. The molecule has 0 bridgehead atoms. The molecule has 1 atom stereocenters. The Hall–Kier alpha value is -1.76. The number of aromatic nitrogens is 2. The van der Waals surface area contributed by atoms with E-state index in [2.05, 4.69) is 27.5 Å². The van der Waals surface area contributed by atoms with Gasteiger partial charge in [0.05, 0.1) is 12.6 Å². The highest BCUT2D eigenvalue weighted by Gasteiger charge is 2.21. The molecule has 1 aromatic rings. The van der Waals surface area contributed by atoms with Crippen LogP contribution in [-0.4, -0.2) is 35.8 Å². The standard InChI is InChI=1S/C12H21N5O2/c1-2-3-4-5-19-7-8-6-14-10-9(15-8)11(18)17-12(13)16-10/h8,15H,2-7H2,1H3,(H4,13,14,16,17,18). The topological polar surface area (TPSA) is 105 Å². The molecule has 1 aliphatic heterocycles. The van der Waals surface area contributed by atoms with E-state index >= 15 is 0 Å². The van der Waals surface area contributed by atoms with Crippen molar-refractivity contribution in [3.05, 3.63) is 10.4 Å². The lowest BCUT2D eigenvalue weighted by molar-refractivity contribution is 0.123. The third-order valence-electron chi connectivity index (χ3n) is 3.01. The molecule has 1 aliphatic rings. The van der Waals surface area contributed by atoms with E-state index in [0.29, 0.717) is 24.7 Å². The monoisotopic (exact) mass is 267 g/mol. The van der Waals surface area contributed by atoms with Crippen molar-refractivity contribution in [3.8, 4) is 0 Å². The number of aromatic amines is 1. The maximum atomic E-state index is 11.7. The molecule has 19 heavy (non-hydrogen) atoms. The number of rotatable bonds is 6. The Morgan fingerprint density at radius 1 is 1.47 bits per heavy atom. The van der Waals surface area contributed by atoms with Crippen molar-refractivity contribution >= 4 is 17.5 Å². The number of unbranched alkanes of at least 4 members (excludes halogenated alkanes) is 2. The average molecular weight is 267 g/mol. The van der Waals surface area contributed by atoms with Crippen molar-refractivity contribution < 1.29 is 4.74 Å². The summed E-state index contributed by atoms with van der Waals surface area (Å²) < 4.78 is 5.59. The van der Waals surface area contributed by atoms with Gasteiger partial charge in [-0.25, -0.2) is 0 Å². The molecule has 0 saturated heterocycles. The van der Waals surface area contributed by atoms with Gasteiger partial charge in [-0.05, 0) is 6.42 Å². The second-order valence-corrected chi connectivity index (χ2v) is 4.68. The van der Waals surface area contributed by atoms with Crippen molar-refractivity contribution in [1.82, 2.24) is 9.97 Å². The summed E-state index contributed by atoms with van der Waals surface area (Å²) in [4.78, 5) is 18.2. The van der Waals surface area contributed by atoms with E-state index in [0.717, 1.165) is 13.0 Å². The Morgan fingerprint density at radius 2 is 2.32 bits per heavy atom. The minimum Gasteiger partial charge on any atom is -0.379 e. The van der Waals surface area contributed by atoms with E-state index in [1.54, 1.807) is 0 Å². The third-order valence-corrected chi connectivity index (χ3v) is 3.01. The molecule has 7 heteroatoms. The summed E-state index contributed by atoms with van der Waals surface area (Å²) in [5, 5.41) is 6.23. The SMILES string of the molecule is CCCCCOCC1CNc2nc(N)[nH]c(=O)c2N1. The summed E-state index contributed by atoms with van der Waals surface area (Å²) in [6.07, 6.45) is 3.44. The number of ether oxygens (including phenoxy) is 1. The maximum Gasteiger partial charge on any atom is 0.277 e. The van der Waals surface area contributed by atoms with Gasteiger partial charge >= 0.3 is 0 Å². The highest BCUT2D eigenvalue weighted by Crippen LogP contribution is 2.19. The Labute approximate surface area is 111 Å². The summed E-state index contributed by atoms with van der Waals surface area (Å²) in [5.41, 5.74) is 5.66. The lowest BCUT2D eigenvalue weighted by Crippen LogP contribution is -2.40. The van der Waals surface area contributed by atoms with Gasteiger partial charge in [-0.2, -0.15) is 4.98 Å². The van der Waals surface area contributed by atoms with E-state index in [1.165, 1.54) is 12.8 Å². The van der Waals surface area contributed by atoms with Gasteiger partial charge in [-0.3, -0.25) is 9.78 Å². The largest absolute Gasteiger partial charge is 0.379 e. The minimum absolute atomic E-state index is 0.0700. The van der Waals surface area contributed by atoms with Crippen LogP contribution in [0.5, 0.6) is 0 Å². The molecular weight excluding hydrogens is 246 g/mol. The van der Waals surface area contributed by atoms with Gasteiger partial charge in [0.15, 0.2) is 5.82 Å². The minimum atomic E-state index is -0.259. The highest BCUT2D eigenvalue weighted by molar-refractivity contribution is 5.67. The number of nitrogens with zero attached hydrogens (tertiary/aromatic N) is 1. The highest BCUT2D eigenvalue weighted by atomic mass is 16.5. The number of hydrogen-bond donors (Lipinski definition) is 4. The van der Waals surface area contributed by atoms with Gasteiger partial charge < -0.3 is 21.1 Å². The molecule has 0 amide bonds. The molecule has 2 rings (SSSR count). The molecule has 106 valence electrons. The Balaban J connectivity index is 1.86. The van der Waals surface area contributed by atoms with Crippen molar-refractivity contribution in [1.29, 1.82) is 0 Å². The van der Waals surface area contributed by atoms with Gasteiger partial charge in [0, 0.05) is 13.2 Å². The number of nitrogens with two attached hydrogens (primary N) is 1. The van der Waals surface area contributed by atoms with Gasteiger partial charge in [0.2, 0.25) is 5.95 Å². The predicted octanol–water partition coefficient (Wildman–Crippen LogP) is 0.765. The average Bonchev–Trinajstić information content (AvgIpc) is 2.39. The molecule has 0 spiro atoms. The Morgan fingerprint density at radius 3 is 3.11 bits per heavy atom. The van der Waals surface area contributed by atoms with Crippen molar-refractivity contribution in [3.63, 3.8) is 0 Å². The molecule has 0 saturated carbocycles. The van der Waals surface area contributed by atoms with Gasteiger partial charge in [-0.1, -0.05) is 19.8 Å². The van der Waals surface area contributed by atoms with Crippen LogP contribution in [0.1, 0.15) is 26.2 Å². The van der Waals surface area contributed by atoms with Crippen molar-refractivity contribution in [2.24, 2.45) is 0 Å². The van der Waals surface area contributed by atoms with Crippen LogP contribution in [0.15, 0.2) is 4.79 Å². The lowest BCUT2D eigenvalue weighted by Gasteiger charge is -2.26. The van der Waals surface area contributed by atoms with E-state index in [4.69, 9.17) is 10.5 Å². The number of nitrogens with one attached hydrogen (secondary N) is 3. The quantitative estimate of drug-likeness (QED) is 0.567. The molecule has 0 fully saturated rings. The fraction of sp³-hybridized carbons (Fsp3) is 0.667. The van der Waals surface area contributed by atoms with Crippen LogP contribution in [0.4, 0.5) is 17.5 Å². The van der Waals surface area contributed by atoms with E-state index < -0.39 is 0 Å². The molecule has 0 radical (unpaired) electrons. The first-order valence-corrected chi connectivity index (χ1v) is 6.68. The number of hydrogen-bond acceptors (Lipinski definition) is 6. The summed E-state index contributed by atoms with van der Waals surface area (Å²) in [7, 11) is 0. The summed E-state index contributed by atoms with van der Waals surface area (Å²) in [5.74, 6) is 0.621. The first-order valence-electron chi connectivity index (χ1n) is 6.68. The van der Waals surface area contributed by atoms with Crippen LogP contribution in [0.3, 0.4) is 0 Å². The Kier molecular flexibility index (Phi) is 4.62. The zero-order valence-corrected chi connectivity index (χ0v) is 11.2. The zero-order chi connectivity index (χ0) is 13.7. The molecule has 1 aromatic heterocycles. The molecule has 0 aliphatic carbocycles. The van der Waals surface area contributed by atoms with E-state index in [9.17, 15) is 4.79 Å². The Bertz CT molecular complexity index is 474. The number of nitrogen functional groups attached to an aromatic ring is 1. The first kappa shape index (κ1) is 13.7. The second-order valence-electron chi connectivity index (χ2n) is 4.68. The third kappa shape index (κ3) is 3.60. The fourth-order valence-corrected chi connectivity index (χ4v) is 2.01. The summed E-state index contributed by atoms with van der Waals surface area (Å²) >= 11 is 0. The first-order chi connectivity index (χ1) is 9.20. The van der Waals surface area contributed by atoms with E-state index in [-0.39, 0.29) is 17.5 Å². The molecule has 1 unspecified atom stereocenters. The maximum absolute atomic E-state index is 11.7. The molecular formula is C12H21N5O2. The van der Waals surface area contributed by atoms with Gasteiger partial charge in [-0.15, -0.1) is 0 Å². The fourth-order valence-electron chi connectivity index (χ4n) is 2.01. The van der Waals surface area contributed by atoms with Crippen LogP contribution in [0.25, 0.3) is 0 Å². The van der Waals surface area contributed by atoms with Gasteiger partial charge in [0.25, 0.3) is 5.56 Å². The second kappa shape index (κ2) is 6.42. The lowest BCUT2D eigenvalue weighted by atomic mass is 10.2. The summed E-state index contributed by atoms with van der Waals surface area (Å²) in [6.45, 7) is 4.15. The van der Waals surface area contributed by atoms with Crippen LogP contribution in [-0.2, 0) is 4.74 Å². The van der Waals surface area contributed by atoms with Crippen molar-refractivity contribution in [2.45, 2.75) is 32.2 Å². The van der Waals surface area contributed by atoms with E-state index in [1.807, 2.05) is 0 Å². The predicted molar refractivity (Wildman–Crippen MR) is 75.5 cm³/mol. The van der Waals surface area contributed by atoms with Crippen LogP contribution in [0, 0.1) is 0 Å². The zero-order valence-electron chi connectivity index (χ0n) is 11.2. The normalized spacial score (nSPS) is 17.4. The molecule has 7 nitrogen and oxygen atoms in total. The molecule has 2 heterocycles. The van der Waals surface area contributed by atoms with Crippen LogP contribution >= 0.6 is 0 Å².